The van der Waals surface area contributed by atoms with Crippen LogP contribution in [0.4, 0.5) is 0 Å². The molecule has 0 N–H and O–H groups in total. The van der Waals surface area contributed by atoms with E-state index < -0.39 is 0 Å². The molecule has 1 nitrogen and oxygen atoms in total. The fourth-order valence-corrected chi connectivity index (χ4v) is 4.48. The van der Waals surface area contributed by atoms with E-state index in [-0.39, 0.29) is 0 Å². The van der Waals surface area contributed by atoms with Gasteiger partial charge in [0.05, 0.1) is 0 Å². The van der Waals surface area contributed by atoms with Crippen molar-refractivity contribution in [1.82, 2.24) is 4.90 Å². The SMILES string of the molecule is CC(C)(C)N1CCC2(CCC(C(C)(C)C(C)(C)C)CC2)C1. The molecule has 1 aliphatic heterocycles. The van der Waals surface area contributed by atoms with Crippen molar-refractivity contribution < 1.29 is 0 Å². The summed E-state index contributed by atoms with van der Waals surface area (Å²) in [6.45, 7) is 22.1. The summed E-state index contributed by atoms with van der Waals surface area (Å²) < 4.78 is 0. The van der Waals surface area contributed by atoms with Crippen molar-refractivity contribution in [3.63, 3.8) is 0 Å². The zero-order valence-electron chi connectivity index (χ0n) is 16.0. The Labute approximate surface area is 133 Å². The van der Waals surface area contributed by atoms with Crippen molar-refractivity contribution in [3.8, 4) is 0 Å². The van der Waals surface area contributed by atoms with E-state index in [2.05, 4.69) is 60.3 Å². The van der Waals surface area contributed by atoms with Gasteiger partial charge in [0.25, 0.3) is 0 Å². The molecule has 1 aliphatic carbocycles. The second-order valence-electron chi connectivity index (χ2n) is 10.6. The van der Waals surface area contributed by atoms with Crippen LogP contribution in [-0.2, 0) is 0 Å². The van der Waals surface area contributed by atoms with Gasteiger partial charge in [0, 0.05) is 12.1 Å². The maximum Gasteiger partial charge on any atom is 0.0125 e. The van der Waals surface area contributed by atoms with Gasteiger partial charge < -0.3 is 0 Å². The second-order valence-corrected chi connectivity index (χ2v) is 10.6. The van der Waals surface area contributed by atoms with Crippen LogP contribution in [-0.4, -0.2) is 23.5 Å². The lowest BCUT2D eigenvalue weighted by Crippen LogP contribution is -2.44. The molecule has 2 fully saturated rings. The normalized spacial score (nSPS) is 32.9. The molecule has 1 saturated heterocycles. The fourth-order valence-electron chi connectivity index (χ4n) is 4.48. The van der Waals surface area contributed by atoms with Crippen LogP contribution >= 0.6 is 0 Å². The highest BCUT2D eigenvalue weighted by Gasteiger charge is 2.47. The molecular weight excluding hydrogens is 254 g/mol. The number of nitrogens with zero attached hydrogens (tertiary/aromatic N) is 1. The molecule has 0 radical (unpaired) electrons. The molecule has 0 atom stereocenters. The van der Waals surface area contributed by atoms with E-state index in [0.717, 1.165) is 5.92 Å². The van der Waals surface area contributed by atoms with E-state index in [0.29, 0.717) is 21.8 Å². The monoisotopic (exact) mass is 293 g/mol. The largest absolute Gasteiger partial charge is 0.298 e. The van der Waals surface area contributed by atoms with E-state index >= 15 is 0 Å². The number of hydrogen-bond donors (Lipinski definition) is 0. The van der Waals surface area contributed by atoms with Crippen molar-refractivity contribution >= 4 is 0 Å². The predicted molar refractivity (Wildman–Crippen MR) is 93.6 cm³/mol. The zero-order valence-corrected chi connectivity index (χ0v) is 16.0. The molecule has 0 aromatic rings. The molecule has 124 valence electrons. The van der Waals surface area contributed by atoms with Crippen LogP contribution in [0.5, 0.6) is 0 Å². The van der Waals surface area contributed by atoms with Gasteiger partial charge in [-0.15, -0.1) is 0 Å². The zero-order chi connectivity index (χ0) is 16.1. The predicted octanol–water partition coefficient (Wildman–Crippen LogP) is 5.74. The Morgan fingerprint density at radius 2 is 1.33 bits per heavy atom. The third-order valence-corrected chi connectivity index (χ3v) is 7.39. The summed E-state index contributed by atoms with van der Waals surface area (Å²) >= 11 is 0. The Balaban J connectivity index is 1.99. The number of likely N-dealkylation sites (tertiary alicyclic amines) is 1. The first-order valence-corrected chi connectivity index (χ1v) is 9.13. The van der Waals surface area contributed by atoms with E-state index in [1.54, 1.807) is 0 Å². The van der Waals surface area contributed by atoms with Gasteiger partial charge in [-0.25, -0.2) is 0 Å². The van der Waals surface area contributed by atoms with Crippen molar-refractivity contribution in [2.45, 2.75) is 93.0 Å². The van der Waals surface area contributed by atoms with Crippen LogP contribution in [0.25, 0.3) is 0 Å². The number of hydrogen-bond acceptors (Lipinski definition) is 1. The second kappa shape index (κ2) is 5.25. The fraction of sp³-hybridized carbons (Fsp3) is 1.00. The lowest BCUT2D eigenvalue weighted by atomic mass is 9.56. The smallest absolute Gasteiger partial charge is 0.0125 e. The molecule has 0 aromatic carbocycles. The highest BCUT2D eigenvalue weighted by atomic mass is 15.2. The first-order chi connectivity index (χ1) is 9.37. The average Bonchev–Trinajstić information content (AvgIpc) is 2.72. The molecule has 0 bridgehead atoms. The minimum Gasteiger partial charge on any atom is -0.298 e. The maximum atomic E-state index is 2.72. The third kappa shape index (κ3) is 3.33. The van der Waals surface area contributed by atoms with Gasteiger partial charge in [-0.05, 0) is 81.6 Å². The molecule has 1 heteroatoms. The average molecular weight is 294 g/mol. The van der Waals surface area contributed by atoms with Crippen LogP contribution in [0.1, 0.15) is 87.5 Å². The summed E-state index contributed by atoms with van der Waals surface area (Å²) in [5.74, 6) is 0.909. The highest BCUT2D eigenvalue weighted by molar-refractivity contribution is 4.99. The van der Waals surface area contributed by atoms with Gasteiger partial charge in [0.1, 0.15) is 0 Å². The molecule has 2 rings (SSSR count). The Morgan fingerprint density at radius 3 is 1.71 bits per heavy atom. The molecule has 2 aliphatic rings. The van der Waals surface area contributed by atoms with Gasteiger partial charge in [0.2, 0.25) is 0 Å². The molecule has 1 heterocycles. The van der Waals surface area contributed by atoms with E-state index in [1.807, 2.05) is 0 Å². The van der Waals surface area contributed by atoms with E-state index in [9.17, 15) is 0 Å². The van der Waals surface area contributed by atoms with Crippen molar-refractivity contribution in [1.29, 1.82) is 0 Å². The van der Waals surface area contributed by atoms with Crippen LogP contribution in [0.2, 0.25) is 0 Å². The van der Waals surface area contributed by atoms with Crippen molar-refractivity contribution in [2.24, 2.45) is 22.2 Å². The topological polar surface area (TPSA) is 3.24 Å². The van der Waals surface area contributed by atoms with Gasteiger partial charge in [0.15, 0.2) is 0 Å². The Hall–Kier alpha value is -0.0400. The van der Waals surface area contributed by atoms with Gasteiger partial charge >= 0.3 is 0 Å². The van der Waals surface area contributed by atoms with Crippen LogP contribution in [0.15, 0.2) is 0 Å². The molecular formula is C20H39N. The van der Waals surface area contributed by atoms with Crippen LogP contribution in [0, 0.1) is 22.2 Å². The van der Waals surface area contributed by atoms with Gasteiger partial charge in [-0.2, -0.15) is 0 Å². The van der Waals surface area contributed by atoms with E-state index in [4.69, 9.17) is 0 Å². The van der Waals surface area contributed by atoms with Crippen LogP contribution in [0.3, 0.4) is 0 Å². The quantitative estimate of drug-likeness (QED) is 0.596. The summed E-state index contributed by atoms with van der Waals surface area (Å²) in [7, 11) is 0. The lowest BCUT2D eigenvalue weighted by Gasteiger charge is -2.50. The first kappa shape index (κ1) is 17.3. The third-order valence-electron chi connectivity index (χ3n) is 7.39. The molecule has 1 saturated carbocycles. The minimum absolute atomic E-state index is 0.352. The maximum absolute atomic E-state index is 2.72. The van der Waals surface area contributed by atoms with E-state index in [1.165, 1.54) is 45.2 Å². The van der Waals surface area contributed by atoms with Gasteiger partial charge in [-0.3, -0.25) is 4.90 Å². The summed E-state index contributed by atoms with van der Waals surface area (Å²) in [6.07, 6.45) is 7.25. The standard InChI is InChI=1S/C20H39N/c1-17(2,3)19(7,8)16-9-11-20(12-10-16)13-14-21(15-20)18(4,5)6/h16H,9-15H2,1-8H3. The molecule has 0 amide bonds. The summed E-state index contributed by atoms with van der Waals surface area (Å²) in [6, 6.07) is 0. The Morgan fingerprint density at radius 1 is 0.810 bits per heavy atom. The first-order valence-electron chi connectivity index (χ1n) is 9.13. The summed E-state index contributed by atoms with van der Waals surface area (Å²) in [5.41, 5.74) is 1.87. The molecule has 21 heavy (non-hydrogen) atoms. The summed E-state index contributed by atoms with van der Waals surface area (Å²) in [4.78, 5) is 2.72. The Kier molecular flexibility index (Phi) is 4.33. The minimum atomic E-state index is 0.352. The number of rotatable bonds is 1. The molecule has 0 aromatic heterocycles. The lowest BCUT2D eigenvalue weighted by molar-refractivity contribution is 0.00294. The molecule has 0 unspecified atom stereocenters. The van der Waals surface area contributed by atoms with Gasteiger partial charge in [-0.1, -0.05) is 34.6 Å². The Bertz CT molecular complexity index is 358. The summed E-state index contributed by atoms with van der Waals surface area (Å²) in [5, 5.41) is 0. The highest BCUT2D eigenvalue weighted by Crippen LogP contribution is 2.54. The van der Waals surface area contributed by atoms with Crippen molar-refractivity contribution in [3.05, 3.63) is 0 Å². The van der Waals surface area contributed by atoms with Crippen LogP contribution < -0.4 is 0 Å². The van der Waals surface area contributed by atoms with Crippen molar-refractivity contribution in [2.75, 3.05) is 13.1 Å². The molecule has 1 spiro atoms.